The van der Waals surface area contributed by atoms with E-state index in [1.807, 2.05) is 0 Å². The monoisotopic (exact) mass is 237 g/mol. The van der Waals surface area contributed by atoms with Crippen molar-refractivity contribution in [1.82, 2.24) is 4.98 Å². The third kappa shape index (κ3) is 2.62. The number of Topliss-reactive ketones (excluding diaryl/α,β-unsaturated/α-hetero) is 1. The summed E-state index contributed by atoms with van der Waals surface area (Å²) in [7, 11) is 0. The van der Waals surface area contributed by atoms with Gasteiger partial charge in [0.15, 0.2) is 5.78 Å². The first-order chi connectivity index (χ1) is 7.79. The first-order valence-electron chi connectivity index (χ1n) is 5.94. The molecule has 86 valence electrons. The third-order valence-corrected chi connectivity index (χ3v) is 3.52. The average molecular weight is 238 g/mol. The molecule has 0 aliphatic heterocycles. The molecule has 2 nitrogen and oxygen atoms in total. The van der Waals surface area contributed by atoms with Gasteiger partial charge in [-0.1, -0.05) is 37.3 Å². The van der Waals surface area contributed by atoms with Crippen LogP contribution in [0.15, 0.2) is 18.3 Å². The van der Waals surface area contributed by atoms with Gasteiger partial charge in [-0.2, -0.15) is 0 Å². The minimum absolute atomic E-state index is 0.132. The number of hydrogen-bond acceptors (Lipinski definition) is 2. The van der Waals surface area contributed by atoms with E-state index in [0.717, 1.165) is 25.7 Å². The van der Waals surface area contributed by atoms with E-state index in [9.17, 15) is 4.79 Å². The topological polar surface area (TPSA) is 30.0 Å². The number of carbonyl (C=O) groups is 1. The second-order valence-corrected chi connectivity index (χ2v) is 4.79. The van der Waals surface area contributed by atoms with E-state index < -0.39 is 0 Å². The fraction of sp³-hybridized carbons (Fsp3) is 0.538. The van der Waals surface area contributed by atoms with Crippen molar-refractivity contribution in [2.24, 2.45) is 5.92 Å². The lowest BCUT2D eigenvalue weighted by Crippen LogP contribution is -2.15. The molecule has 3 heteroatoms. The molecule has 1 saturated carbocycles. The molecule has 0 saturated heterocycles. The Labute approximate surface area is 101 Å². The summed E-state index contributed by atoms with van der Waals surface area (Å²) in [5.41, 5.74) is 0.455. The van der Waals surface area contributed by atoms with E-state index in [2.05, 4.69) is 4.98 Å². The number of carbonyl (C=O) groups excluding carboxylic acids is 1. The van der Waals surface area contributed by atoms with Crippen LogP contribution < -0.4 is 0 Å². The van der Waals surface area contributed by atoms with Gasteiger partial charge in [0, 0.05) is 12.1 Å². The largest absolute Gasteiger partial charge is 0.292 e. The first-order valence-corrected chi connectivity index (χ1v) is 6.31. The van der Waals surface area contributed by atoms with Crippen molar-refractivity contribution >= 4 is 17.4 Å². The highest BCUT2D eigenvalue weighted by Gasteiger charge is 2.23. The maximum atomic E-state index is 12.2. The fourth-order valence-electron chi connectivity index (χ4n) is 2.30. The molecule has 0 aromatic carbocycles. The number of hydrogen-bond donors (Lipinski definition) is 0. The number of pyridine rings is 1. The minimum atomic E-state index is 0.132. The van der Waals surface area contributed by atoms with Gasteiger partial charge in [0.2, 0.25) is 0 Å². The summed E-state index contributed by atoms with van der Waals surface area (Å²) in [4.78, 5) is 16.3. The second kappa shape index (κ2) is 5.44. The average Bonchev–Trinajstić information content (AvgIpc) is 2.57. The highest BCUT2D eigenvalue weighted by atomic mass is 35.5. The molecule has 0 atom stereocenters. The van der Waals surface area contributed by atoms with Crippen molar-refractivity contribution in [3.05, 3.63) is 29.0 Å². The zero-order valence-electron chi connectivity index (χ0n) is 9.29. The van der Waals surface area contributed by atoms with Crippen molar-refractivity contribution in [2.75, 3.05) is 0 Å². The maximum Gasteiger partial charge on any atom is 0.185 e. The molecular weight excluding hydrogens is 222 g/mol. The van der Waals surface area contributed by atoms with Gasteiger partial charge < -0.3 is 0 Å². The van der Waals surface area contributed by atoms with E-state index >= 15 is 0 Å². The van der Waals surface area contributed by atoms with Crippen molar-refractivity contribution in [3.63, 3.8) is 0 Å². The van der Waals surface area contributed by atoms with E-state index in [1.165, 1.54) is 12.8 Å². The summed E-state index contributed by atoms with van der Waals surface area (Å²) in [5, 5.41) is 0.483. The highest BCUT2D eigenvalue weighted by Crippen LogP contribution is 2.27. The molecule has 1 aromatic heterocycles. The molecule has 1 aliphatic rings. The fourth-order valence-corrected chi connectivity index (χ4v) is 2.52. The highest BCUT2D eigenvalue weighted by molar-refractivity contribution is 6.33. The van der Waals surface area contributed by atoms with Crippen molar-refractivity contribution in [3.8, 4) is 0 Å². The molecule has 0 unspecified atom stereocenters. The molecule has 16 heavy (non-hydrogen) atoms. The smallest absolute Gasteiger partial charge is 0.185 e. The Bertz CT molecular complexity index is 370. The molecule has 0 N–H and O–H groups in total. The zero-order valence-corrected chi connectivity index (χ0v) is 10.0. The lowest BCUT2D eigenvalue weighted by Gasteiger charge is -2.12. The number of ketones is 1. The van der Waals surface area contributed by atoms with Gasteiger partial charge in [-0.3, -0.25) is 9.78 Å². The summed E-state index contributed by atoms with van der Waals surface area (Å²) in [6, 6.07) is 3.49. The molecule has 1 aliphatic carbocycles. The van der Waals surface area contributed by atoms with Gasteiger partial charge >= 0.3 is 0 Å². The predicted molar refractivity (Wildman–Crippen MR) is 64.8 cm³/mol. The predicted octanol–water partition coefficient (Wildman–Crippen LogP) is 3.89. The lowest BCUT2D eigenvalue weighted by molar-refractivity contribution is 0.0903. The van der Waals surface area contributed by atoms with Gasteiger partial charge in [-0.25, -0.2) is 0 Å². The van der Waals surface area contributed by atoms with Crippen LogP contribution in [0.5, 0.6) is 0 Å². The molecule has 0 radical (unpaired) electrons. The van der Waals surface area contributed by atoms with Crippen LogP contribution in [0.1, 0.15) is 49.0 Å². The molecular formula is C13H16ClNO. The van der Waals surface area contributed by atoms with Crippen LogP contribution in [-0.2, 0) is 0 Å². The van der Waals surface area contributed by atoms with E-state index in [-0.39, 0.29) is 11.7 Å². The first kappa shape index (κ1) is 11.6. The Morgan fingerprint density at radius 2 is 1.94 bits per heavy atom. The SMILES string of the molecule is O=C(c1ncccc1Cl)C1CCCCCC1. The Kier molecular flexibility index (Phi) is 3.94. The van der Waals surface area contributed by atoms with Crippen LogP contribution >= 0.6 is 11.6 Å². The maximum absolute atomic E-state index is 12.2. The second-order valence-electron chi connectivity index (χ2n) is 4.39. The molecule has 0 bridgehead atoms. The molecule has 0 spiro atoms. The van der Waals surface area contributed by atoms with Crippen LogP contribution in [0.2, 0.25) is 5.02 Å². The van der Waals surface area contributed by atoms with Gasteiger partial charge in [0.25, 0.3) is 0 Å². The summed E-state index contributed by atoms with van der Waals surface area (Å²) in [5.74, 6) is 0.266. The van der Waals surface area contributed by atoms with Gasteiger partial charge in [-0.05, 0) is 25.0 Å². The standard InChI is InChI=1S/C13H16ClNO/c14-11-8-5-9-15-12(11)13(16)10-6-3-1-2-4-7-10/h5,8-10H,1-4,6-7H2. The third-order valence-electron chi connectivity index (χ3n) is 3.22. The quantitative estimate of drug-likeness (QED) is 0.577. The Balaban J connectivity index is 2.14. The Hall–Kier alpha value is -0.890. The van der Waals surface area contributed by atoms with Crippen LogP contribution in [0.25, 0.3) is 0 Å². The van der Waals surface area contributed by atoms with Crippen LogP contribution in [0.4, 0.5) is 0 Å². The van der Waals surface area contributed by atoms with E-state index in [0.29, 0.717) is 10.7 Å². The number of aromatic nitrogens is 1. The number of halogens is 1. The molecule has 1 fully saturated rings. The Morgan fingerprint density at radius 1 is 1.25 bits per heavy atom. The van der Waals surface area contributed by atoms with Gasteiger partial charge in [0.1, 0.15) is 5.69 Å². The zero-order chi connectivity index (χ0) is 11.4. The van der Waals surface area contributed by atoms with Crippen LogP contribution in [0, 0.1) is 5.92 Å². The Morgan fingerprint density at radius 3 is 2.56 bits per heavy atom. The normalized spacial score (nSPS) is 18.1. The molecule has 1 aromatic rings. The van der Waals surface area contributed by atoms with Gasteiger partial charge in [-0.15, -0.1) is 0 Å². The van der Waals surface area contributed by atoms with Crippen LogP contribution in [-0.4, -0.2) is 10.8 Å². The molecule has 0 amide bonds. The summed E-state index contributed by atoms with van der Waals surface area (Å²) in [6.45, 7) is 0. The van der Waals surface area contributed by atoms with Gasteiger partial charge in [0.05, 0.1) is 5.02 Å². The minimum Gasteiger partial charge on any atom is -0.292 e. The van der Waals surface area contributed by atoms with Crippen molar-refractivity contribution < 1.29 is 4.79 Å². The summed E-state index contributed by atoms with van der Waals surface area (Å²) >= 11 is 6.00. The van der Waals surface area contributed by atoms with Crippen molar-refractivity contribution in [1.29, 1.82) is 0 Å². The van der Waals surface area contributed by atoms with Crippen molar-refractivity contribution in [2.45, 2.75) is 38.5 Å². The van der Waals surface area contributed by atoms with E-state index in [1.54, 1.807) is 18.3 Å². The molecule has 1 heterocycles. The molecule has 2 rings (SSSR count). The van der Waals surface area contributed by atoms with Crippen LogP contribution in [0.3, 0.4) is 0 Å². The van der Waals surface area contributed by atoms with E-state index in [4.69, 9.17) is 11.6 Å². The summed E-state index contributed by atoms with van der Waals surface area (Å²) < 4.78 is 0. The number of rotatable bonds is 2. The summed E-state index contributed by atoms with van der Waals surface area (Å²) in [6.07, 6.45) is 8.43. The number of nitrogens with zero attached hydrogens (tertiary/aromatic N) is 1. The lowest BCUT2D eigenvalue weighted by atomic mass is 9.93.